The number of ether oxygens (including phenoxy) is 2. The highest BCUT2D eigenvalue weighted by molar-refractivity contribution is 6.10. The molecular formula is C28H41NO4. The third-order valence-corrected chi connectivity index (χ3v) is 6.02. The van der Waals surface area contributed by atoms with Crippen molar-refractivity contribution in [3.8, 4) is 5.75 Å². The summed E-state index contributed by atoms with van der Waals surface area (Å²) in [5.41, 5.74) is 3.47. The van der Waals surface area contributed by atoms with E-state index < -0.39 is 0 Å². The lowest BCUT2D eigenvalue weighted by atomic mass is 10.0. The topological polar surface area (TPSA) is 57.5 Å². The Hall–Kier alpha value is -2.56. The van der Waals surface area contributed by atoms with Crippen molar-refractivity contribution >= 4 is 11.8 Å². The lowest BCUT2D eigenvalue weighted by molar-refractivity contribution is -0.143. The zero-order valence-corrected chi connectivity index (χ0v) is 21.0. The maximum Gasteiger partial charge on any atom is 0.305 e. The second-order valence-corrected chi connectivity index (χ2v) is 8.54. The fourth-order valence-corrected chi connectivity index (χ4v) is 4.17. The summed E-state index contributed by atoms with van der Waals surface area (Å²) in [4.78, 5) is 25.0. The van der Waals surface area contributed by atoms with Gasteiger partial charge in [0.2, 0.25) is 0 Å². The smallest absolute Gasteiger partial charge is 0.305 e. The molecule has 0 aliphatic rings. The summed E-state index contributed by atoms with van der Waals surface area (Å²) in [5, 5.41) is 0. The summed E-state index contributed by atoms with van der Waals surface area (Å²) in [5.74, 6) is 0.596. The molecule has 0 aliphatic heterocycles. The van der Waals surface area contributed by atoms with E-state index in [2.05, 4.69) is 18.4 Å². The van der Waals surface area contributed by atoms with Crippen molar-refractivity contribution in [1.29, 1.82) is 0 Å². The van der Waals surface area contributed by atoms with Gasteiger partial charge in [-0.25, -0.2) is 0 Å². The van der Waals surface area contributed by atoms with Crippen LogP contribution in [-0.2, 0) is 29.4 Å². The van der Waals surface area contributed by atoms with E-state index in [9.17, 15) is 9.59 Å². The number of unbranched alkanes of at least 4 members (excludes halogenated alkanes) is 5. The minimum atomic E-state index is -0.170. The highest BCUT2D eigenvalue weighted by Crippen LogP contribution is 2.23. The van der Waals surface area contributed by atoms with Crippen molar-refractivity contribution in [2.75, 3.05) is 13.2 Å². The zero-order chi connectivity index (χ0) is 24.1. The van der Waals surface area contributed by atoms with Gasteiger partial charge >= 0.3 is 5.97 Å². The maximum atomic E-state index is 13.3. The van der Waals surface area contributed by atoms with Gasteiger partial charge in [-0.3, -0.25) is 9.59 Å². The SMILES string of the molecule is CCCCCCCCOc1cccc(C(=O)c2cc(CCCC(=O)OCC)n(C)c2CC)c1. The molecule has 0 saturated carbocycles. The molecular weight excluding hydrogens is 414 g/mol. The minimum Gasteiger partial charge on any atom is -0.494 e. The van der Waals surface area contributed by atoms with E-state index in [4.69, 9.17) is 9.47 Å². The molecule has 0 bridgehead atoms. The third kappa shape index (κ3) is 8.38. The van der Waals surface area contributed by atoms with Crippen molar-refractivity contribution in [1.82, 2.24) is 4.57 Å². The second kappa shape index (κ2) is 14.6. The Bertz CT molecular complexity index is 884. The number of carbonyl (C=O) groups is 2. The number of aromatic nitrogens is 1. The number of hydrogen-bond acceptors (Lipinski definition) is 4. The van der Waals surface area contributed by atoms with Crippen LogP contribution in [0.4, 0.5) is 0 Å². The van der Waals surface area contributed by atoms with E-state index in [1.165, 1.54) is 32.1 Å². The van der Waals surface area contributed by atoms with Gasteiger partial charge in [0.25, 0.3) is 0 Å². The van der Waals surface area contributed by atoms with Crippen LogP contribution >= 0.6 is 0 Å². The summed E-state index contributed by atoms with van der Waals surface area (Å²) >= 11 is 0. The minimum absolute atomic E-state index is 0.0177. The van der Waals surface area contributed by atoms with Crippen LogP contribution in [-0.4, -0.2) is 29.5 Å². The number of aryl methyl sites for hydroxylation is 1. The largest absolute Gasteiger partial charge is 0.494 e. The van der Waals surface area contributed by atoms with Gasteiger partial charge in [0, 0.05) is 36.0 Å². The first-order valence-corrected chi connectivity index (χ1v) is 12.6. The summed E-state index contributed by atoms with van der Waals surface area (Å²) < 4.78 is 13.0. The predicted octanol–water partition coefficient (Wildman–Crippen LogP) is 6.44. The van der Waals surface area contributed by atoms with E-state index >= 15 is 0 Å². The molecule has 0 fully saturated rings. The van der Waals surface area contributed by atoms with Gasteiger partial charge in [0.05, 0.1) is 13.2 Å². The fraction of sp³-hybridized carbons (Fsp3) is 0.571. The lowest BCUT2D eigenvalue weighted by Crippen LogP contribution is -2.07. The molecule has 2 aromatic rings. The Morgan fingerprint density at radius 1 is 0.939 bits per heavy atom. The van der Waals surface area contributed by atoms with E-state index in [1.54, 1.807) is 0 Å². The Morgan fingerprint density at radius 3 is 2.42 bits per heavy atom. The first kappa shape index (κ1) is 26.7. The van der Waals surface area contributed by atoms with Crippen molar-refractivity contribution in [2.24, 2.45) is 7.05 Å². The molecule has 0 unspecified atom stereocenters. The molecule has 1 heterocycles. The van der Waals surface area contributed by atoms with Gasteiger partial charge in [0.15, 0.2) is 5.78 Å². The van der Waals surface area contributed by atoms with E-state index in [0.717, 1.165) is 42.0 Å². The maximum absolute atomic E-state index is 13.3. The van der Waals surface area contributed by atoms with Crippen LogP contribution in [0, 0.1) is 0 Å². The first-order chi connectivity index (χ1) is 16.0. The monoisotopic (exact) mass is 455 g/mol. The highest BCUT2D eigenvalue weighted by Gasteiger charge is 2.19. The van der Waals surface area contributed by atoms with Gasteiger partial charge in [-0.1, -0.05) is 58.1 Å². The summed E-state index contributed by atoms with van der Waals surface area (Å²) in [6.07, 6.45) is 9.92. The molecule has 5 heteroatoms. The van der Waals surface area contributed by atoms with Crippen molar-refractivity contribution in [3.05, 3.63) is 52.8 Å². The number of ketones is 1. The van der Waals surface area contributed by atoms with Gasteiger partial charge in [0.1, 0.15) is 5.75 Å². The number of esters is 1. The molecule has 5 nitrogen and oxygen atoms in total. The number of carbonyl (C=O) groups excluding carboxylic acids is 2. The summed E-state index contributed by atoms with van der Waals surface area (Å²) in [6, 6.07) is 9.49. The third-order valence-electron chi connectivity index (χ3n) is 6.02. The van der Waals surface area contributed by atoms with Gasteiger partial charge in [-0.15, -0.1) is 0 Å². The molecule has 0 N–H and O–H groups in total. The normalized spacial score (nSPS) is 10.9. The Balaban J connectivity index is 2.00. The molecule has 1 aromatic carbocycles. The van der Waals surface area contributed by atoms with Gasteiger partial charge in [-0.2, -0.15) is 0 Å². The quantitative estimate of drug-likeness (QED) is 0.166. The lowest BCUT2D eigenvalue weighted by Gasteiger charge is -2.09. The summed E-state index contributed by atoms with van der Waals surface area (Å²) in [7, 11) is 2.00. The Labute approximate surface area is 199 Å². The average Bonchev–Trinajstić information content (AvgIpc) is 3.13. The molecule has 0 radical (unpaired) electrons. The van der Waals surface area contributed by atoms with Crippen LogP contribution in [0.15, 0.2) is 30.3 Å². The Kier molecular flexibility index (Phi) is 11.8. The van der Waals surface area contributed by atoms with Crippen LogP contribution in [0.25, 0.3) is 0 Å². The second-order valence-electron chi connectivity index (χ2n) is 8.54. The van der Waals surface area contributed by atoms with Crippen molar-refractivity contribution in [3.63, 3.8) is 0 Å². The van der Waals surface area contributed by atoms with Gasteiger partial charge in [-0.05, 0) is 50.8 Å². The van der Waals surface area contributed by atoms with Crippen molar-refractivity contribution in [2.45, 2.75) is 85.0 Å². The van der Waals surface area contributed by atoms with E-state index in [-0.39, 0.29) is 11.8 Å². The molecule has 182 valence electrons. The molecule has 0 saturated heterocycles. The van der Waals surface area contributed by atoms with Crippen LogP contribution < -0.4 is 4.74 Å². The average molecular weight is 456 g/mol. The van der Waals surface area contributed by atoms with Crippen LogP contribution in [0.2, 0.25) is 0 Å². The first-order valence-electron chi connectivity index (χ1n) is 12.6. The van der Waals surface area contributed by atoms with Crippen LogP contribution in [0.5, 0.6) is 5.75 Å². The number of nitrogens with zero attached hydrogens (tertiary/aromatic N) is 1. The van der Waals surface area contributed by atoms with E-state index in [1.807, 2.05) is 44.3 Å². The number of hydrogen-bond donors (Lipinski definition) is 0. The highest BCUT2D eigenvalue weighted by atomic mass is 16.5. The standard InChI is InChI=1S/C28H41NO4/c1-5-8-9-10-11-12-19-33-24-17-13-15-22(20-24)28(31)25-21-23(29(4)26(25)6-2)16-14-18-27(30)32-7-3/h13,15,17,20-21H,5-12,14,16,18-19H2,1-4H3. The number of rotatable bonds is 16. The molecule has 33 heavy (non-hydrogen) atoms. The zero-order valence-electron chi connectivity index (χ0n) is 21.0. The Morgan fingerprint density at radius 2 is 1.70 bits per heavy atom. The predicted molar refractivity (Wildman–Crippen MR) is 133 cm³/mol. The summed E-state index contributed by atoms with van der Waals surface area (Å²) in [6.45, 7) is 7.19. The molecule has 0 aliphatic carbocycles. The molecule has 0 atom stereocenters. The molecule has 2 rings (SSSR count). The number of benzene rings is 1. The van der Waals surface area contributed by atoms with Crippen molar-refractivity contribution < 1.29 is 19.1 Å². The van der Waals surface area contributed by atoms with Crippen LogP contribution in [0.3, 0.4) is 0 Å². The van der Waals surface area contributed by atoms with Gasteiger partial charge < -0.3 is 14.0 Å². The van der Waals surface area contributed by atoms with E-state index in [0.29, 0.717) is 31.6 Å². The molecule has 0 spiro atoms. The van der Waals surface area contributed by atoms with Crippen LogP contribution in [0.1, 0.15) is 99.4 Å². The fourth-order valence-electron chi connectivity index (χ4n) is 4.17. The molecule has 1 aromatic heterocycles. The molecule has 0 amide bonds.